The van der Waals surface area contributed by atoms with E-state index < -0.39 is 0 Å². The van der Waals surface area contributed by atoms with Crippen molar-refractivity contribution in [2.24, 2.45) is 0 Å². The Hall–Kier alpha value is -2.89. The molecule has 0 bridgehead atoms. The summed E-state index contributed by atoms with van der Waals surface area (Å²) in [6.07, 6.45) is 3.28. The van der Waals surface area contributed by atoms with Gasteiger partial charge in [0.2, 0.25) is 5.76 Å². The van der Waals surface area contributed by atoms with Crippen LogP contribution in [-0.4, -0.2) is 22.2 Å². The number of hydrogen-bond acceptors (Lipinski definition) is 6. The van der Waals surface area contributed by atoms with Crippen molar-refractivity contribution < 1.29 is 9.26 Å². The predicted molar refractivity (Wildman–Crippen MR) is 73.9 cm³/mol. The van der Waals surface area contributed by atoms with E-state index in [1.165, 1.54) is 0 Å². The number of ether oxygens (including phenoxy) is 1. The number of hydrogen-bond donors (Lipinski definition) is 1. The van der Waals surface area contributed by atoms with Gasteiger partial charge in [-0.15, -0.1) is 0 Å². The average Bonchev–Trinajstić information content (AvgIpc) is 2.90. The average molecular weight is 268 g/mol. The highest BCUT2D eigenvalue weighted by Crippen LogP contribution is 2.35. The SMILES string of the molecule is COc1ccc(-c2c(N)noc2-c2ncccn2)cc1. The van der Waals surface area contributed by atoms with E-state index in [4.69, 9.17) is 15.0 Å². The number of nitrogen functional groups attached to an aromatic ring is 1. The van der Waals surface area contributed by atoms with E-state index in [1.807, 2.05) is 24.3 Å². The monoisotopic (exact) mass is 268 g/mol. The molecule has 0 aliphatic rings. The van der Waals surface area contributed by atoms with Crippen molar-refractivity contribution in [3.05, 3.63) is 42.7 Å². The summed E-state index contributed by atoms with van der Waals surface area (Å²) in [5.41, 5.74) is 7.44. The first-order valence-corrected chi connectivity index (χ1v) is 5.96. The molecule has 0 atom stereocenters. The van der Waals surface area contributed by atoms with Gasteiger partial charge in [-0.3, -0.25) is 0 Å². The third kappa shape index (κ3) is 2.07. The number of aromatic nitrogens is 3. The Balaban J connectivity index is 2.11. The first-order valence-electron chi connectivity index (χ1n) is 5.96. The molecule has 0 spiro atoms. The number of anilines is 1. The Bertz CT molecular complexity index is 708. The fourth-order valence-corrected chi connectivity index (χ4v) is 1.91. The molecule has 0 aliphatic heterocycles. The van der Waals surface area contributed by atoms with Crippen molar-refractivity contribution in [2.75, 3.05) is 12.8 Å². The van der Waals surface area contributed by atoms with Crippen molar-refractivity contribution in [1.29, 1.82) is 0 Å². The van der Waals surface area contributed by atoms with Crippen molar-refractivity contribution >= 4 is 5.82 Å². The molecule has 6 nitrogen and oxygen atoms in total. The third-order valence-electron chi connectivity index (χ3n) is 2.87. The van der Waals surface area contributed by atoms with Gasteiger partial charge in [-0.2, -0.15) is 0 Å². The lowest BCUT2D eigenvalue weighted by Crippen LogP contribution is -1.91. The van der Waals surface area contributed by atoms with Crippen LogP contribution in [0, 0.1) is 0 Å². The second-order valence-electron chi connectivity index (χ2n) is 4.07. The molecule has 0 saturated carbocycles. The van der Waals surface area contributed by atoms with E-state index in [0.29, 0.717) is 23.0 Å². The van der Waals surface area contributed by atoms with Gasteiger partial charge in [0.1, 0.15) is 5.75 Å². The van der Waals surface area contributed by atoms with Crippen molar-refractivity contribution in [3.63, 3.8) is 0 Å². The molecule has 0 unspecified atom stereocenters. The Labute approximate surface area is 115 Å². The molecule has 3 aromatic rings. The maximum atomic E-state index is 5.89. The molecule has 2 heterocycles. The summed E-state index contributed by atoms with van der Waals surface area (Å²) in [5.74, 6) is 1.97. The van der Waals surface area contributed by atoms with Crippen LogP contribution in [0.3, 0.4) is 0 Å². The van der Waals surface area contributed by atoms with Gasteiger partial charge in [0.05, 0.1) is 12.7 Å². The smallest absolute Gasteiger partial charge is 0.214 e. The van der Waals surface area contributed by atoms with Crippen LogP contribution in [0.15, 0.2) is 47.2 Å². The zero-order chi connectivity index (χ0) is 13.9. The second-order valence-corrected chi connectivity index (χ2v) is 4.07. The molecule has 3 rings (SSSR count). The van der Waals surface area contributed by atoms with E-state index in [-0.39, 0.29) is 0 Å². The van der Waals surface area contributed by atoms with Crippen LogP contribution in [0.25, 0.3) is 22.7 Å². The Morgan fingerprint density at radius 1 is 1.10 bits per heavy atom. The quantitative estimate of drug-likeness (QED) is 0.784. The largest absolute Gasteiger partial charge is 0.497 e. The molecule has 0 aliphatic carbocycles. The zero-order valence-electron chi connectivity index (χ0n) is 10.8. The van der Waals surface area contributed by atoms with Crippen LogP contribution >= 0.6 is 0 Å². The van der Waals surface area contributed by atoms with Crippen LogP contribution in [0.1, 0.15) is 0 Å². The second kappa shape index (κ2) is 5.00. The highest BCUT2D eigenvalue weighted by Gasteiger charge is 2.19. The molecule has 2 aromatic heterocycles. The summed E-state index contributed by atoms with van der Waals surface area (Å²) in [6, 6.07) is 9.19. The van der Waals surface area contributed by atoms with Gasteiger partial charge < -0.3 is 15.0 Å². The number of methoxy groups -OCH3 is 1. The minimum atomic E-state index is 0.303. The summed E-state index contributed by atoms with van der Waals surface area (Å²) < 4.78 is 10.4. The van der Waals surface area contributed by atoms with Crippen LogP contribution < -0.4 is 10.5 Å². The molecule has 20 heavy (non-hydrogen) atoms. The van der Waals surface area contributed by atoms with Gasteiger partial charge in [0.15, 0.2) is 11.6 Å². The summed E-state index contributed by atoms with van der Waals surface area (Å²) in [7, 11) is 1.62. The normalized spacial score (nSPS) is 10.4. The maximum absolute atomic E-state index is 5.89. The van der Waals surface area contributed by atoms with Gasteiger partial charge in [0, 0.05) is 12.4 Å². The molecule has 2 N–H and O–H groups in total. The molecule has 100 valence electrons. The lowest BCUT2D eigenvalue weighted by Gasteiger charge is -2.03. The lowest BCUT2D eigenvalue weighted by molar-refractivity contribution is 0.415. The summed E-state index contributed by atoms with van der Waals surface area (Å²) in [4.78, 5) is 8.31. The highest BCUT2D eigenvalue weighted by molar-refractivity contribution is 5.84. The highest BCUT2D eigenvalue weighted by atomic mass is 16.5. The Kier molecular flexibility index (Phi) is 3.04. The van der Waals surface area contributed by atoms with Crippen LogP contribution in [0.4, 0.5) is 5.82 Å². The van der Waals surface area contributed by atoms with Crippen molar-refractivity contribution in [3.8, 4) is 28.5 Å². The van der Waals surface area contributed by atoms with E-state index in [2.05, 4.69) is 15.1 Å². The van der Waals surface area contributed by atoms with Gasteiger partial charge in [-0.1, -0.05) is 17.3 Å². The van der Waals surface area contributed by atoms with Gasteiger partial charge in [0.25, 0.3) is 0 Å². The fourth-order valence-electron chi connectivity index (χ4n) is 1.91. The summed E-state index contributed by atoms with van der Waals surface area (Å²) >= 11 is 0. The Morgan fingerprint density at radius 2 is 1.80 bits per heavy atom. The number of benzene rings is 1. The summed E-state index contributed by atoms with van der Waals surface area (Å²) in [5, 5.41) is 3.80. The number of rotatable bonds is 3. The van der Waals surface area contributed by atoms with E-state index in [1.54, 1.807) is 25.6 Å². The van der Waals surface area contributed by atoms with Gasteiger partial charge in [-0.25, -0.2) is 9.97 Å². The van der Waals surface area contributed by atoms with E-state index in [9.17, 15) is 0 Å². The van der Waals surface area contributed by atoms with Crippen LogP contribution in [-0.2, 0) is 0 Å². The van der Waals surface area contributed by atoms with E-state index >= 15 is 0 Å². The minimum absolute atomic E-state index is 0.303. The molecule has 1 aromatic carbocycles. The fraction of sp³-hybridized carbons (Fsp3) is 0.0714. The number of nitrogens with zero attached hydrogens (tertiary/aromatic N) is 3. The lowest BCUT2D eigenvalue weighted by atomic mass is 10.1. The Morgan fingerprint density at radius 3 is 2.45 bits per heavy atom. The standard InChI is InChI=1S/C14H12N4O2/c1-19-10-5-3-9(4-6-10)11-12(20-18-13(11)15)14-16-7-2-8-17-14/h2-8H,1H3,(H2,15,18). The van der Waals surface area contributed by atoms with Gasteiger partial charge >= 0.3 is 0 Å². The predicted octanol–water partition coefficient (Wildman–Crippen LogP) is 2.39. The molecular weight excluding hydrogens is 256 g/mol. The molecule has 0 amide bonds. The topological polar surface area (TPSA) is 87.1 Å². The first kappa shape index (κ1) is 12.2. The van der Waals surface area contributed by atoms with Crippen LogP contribution in [0.2, 0.25) is 0 Å². The van der Waals surface area contributed by atoms with Gasteiger partial charge in [-0.05, 0) is 23.8 Å². The molecule has 0 fully saturated rings. The maximum Gasteiger partial charge on any atom is 0.214 e. The first-order chi connectivity index (χ1) is 9.79. The third-order valence-corrected chi connectivity index (χ3v) is 2.87. The molecular formula is C14H12N4O2. The van der Waals surface area contributed by atoms with Crippen LogP contribution in [0.5, 0.6) is 5.75 Å². The van der Waals surface area contributed by atoms with Crippen molar-refractivity contribution in [2.45, 2.75) is 0 Å². The van der Waals surface area contributed by atoms with E-state index in [0.717, 1.165) is 11.3 Å². The molecule has 0 radical (unpaired) electrons. The summed E-state index contributed by atoms with van der Waals surface area (Å²) in [6.45, 7) is 0. The number of nitrogens with two attached hydrogens (primary N) is 1. The van der Waals surface area contributed by atoms with Crippen molar-refractivity contribution in [1.82, 2.24) is 15.1 Å². The molecule has 6 heteroatoms. The zero-order valence-corrected chi connectivity index (χ0v) is 10.8. The minimum Gasteiger partial charge on any atom is -0.497 e. The molecule has 0 saturated heterocycles.